The van der Waals surface area contributed by atoms with Gasteiger partial charge in [-0.05, 0) is 30.2 Å². The summed E-state index contributed by atoms with van der Waals surface area (Å²) in [6.45, 7) is 3.15. The summed E-state index contributed by atoms with van der Waals surface area (Å²) >= 11 is 6.02. The molecule has 0 aromatic heterocycles. The SMILES string of the molecule is CCC(CO)NCc1cccc(OC)c1OCc1cccc(Cl)c1. The molecular formula is C19H24ClNO3. The summed E-state index contributed by atoms with van der Waals surface area (Å²) in [5.41, 5.74) is 1.98. The molecule has 5 heteroatoms. The second kappa shape index (κ2) is 9.52. The van der Waals surface area contributed by atoms with E-state index in [1.54, 1.807) is 7.11 Å². The molecule has 2 aromatic rings. The molecule has 0 fully saturated rings. The Morgan fingerprint density at radius 3 is 2.67 bits per heavy atom. The molecule has 0 aliphatic carbocycles. The minimum atomic E-state index is 0.0666. The topological polar surface area (TPSA) is 50.7 Å². The van der Waals surface area contributed by atoms with Crippen LogP contribution in [-0.2, 0) is 13.2 Å². The maximum atomic E-state index is 9.32. The first-order valence-electron chi connectivity index (χ1n) is 8.05. The minimum Gasteiger partial charge on any atom is -0.493 e. The summed E-state index contributed by atoms with van der Waals surface area (Å²) < 4.78 is 11.4. The number of benzene rings is 2. The Bertz CT molecular complexity index is 644. The number of ether oxygens (including phenoxy) is 2. The van der Waals surface area contributed by atoms with Gasteiger partial charge in [0.1, 0.15) is 6.61 Å². The van der Waals surface area contributed by atoms with Crippen LogP contribution in [0.15, 0.2) is 42.5 Å². The van der Waals surface area contributed by atoms with Crippen molar-refractivity contribution in [2.24, 2.45) is 0 Å². The van der Waals surface area contributed by atoms with Gasteiger partial charge in [-0.15, -0.1) is 0 Å². The van der Waals surface area contributed by atoms with Gasteiger partial charge in [0.25, 0.3) is 0 Å². The van der Waals surface area contributed by atoms with Crippen LogP contribution in [0.4, 0.5) is 0 Å². The van der Waals surface area contributed by atoms with E-state index < -0.39 is 0 Å². The molecule has 2 N–H and O–H groups in total. The number of para-hydroxylation sites is 1. The fraction of sp³-hybridized carbons (Fsp3) is 0.368. The third kappa shape index (κ3) is 5.13. The van der Waals surface area contributed by atoms with Crippen molar-refractivity contribution in [1.82, 2.24) is 5.32 Å². The summed E-state index contributed by atoms with van der Waals surface area (Å²) in [4.78, 5) is 0. The molecule has 1 unspecified atom stereocenters. The van der Waals surface area contributed by atoms with Crippen LogP contribution in [0.2, 0.25) is 5.02 Å². The maximum Gasteiger partial charge on any atom is 0.166 e. The Labute approximate surface area is 148 Å². The highest BCUT2D eigenvalue weighted by atomic mass is 35.5. The zero-order valence-electron chi connectivity index (χ0n) is 14.1. The number of aliphatic hydroxyl groups is 1. The molecule has 1 atom stereocenters. The van der Waals surface area contributed by atoms with E-state index in [0.717, 1.165) is 17.5 Å². The van der Waals surface area contributed by atoms with Crippen LogP contribution >= 0.6 is 11.6 Å². The average Bonchev–Trinajstić information content (AvgIpc) is 2.61. The summed E-state index contributed by atoms with van der Waals surface area (Å²) in [5, 5.41) is 13.3. The van der Waals surface area contributed by atoms with Crippen molar-refractivity contribution in [3.05, 3.63) is 58.6 Å². The fourth-order valence-electron chi connectivity index (χ4n) is 2.40. The molecule has 130 valence electrons. The number of halogens is 1. The summed E-state index contributed by atoms with van der Waals surface area (Å²) in [7, 11) is 1.63. The van der Waals surface area contributed by atoms with Gasteiger partial charge in [-0.2, -0.15) is 0 Å². The van der Waals surface area contributed by atoms with Gasteiger partial charge >= 0.3 is 0 Å². The molecule has 0 spiro atoms. The number of aliphatic hydroxyl groups excluding tert-OH is 1. The van der Waals surface area contributed by atoms with Crippen LogP contribution in [-0.4, -0.2) is 24.9 Å². The largest absolute Gasteiger partial charge is 0.493 e. The Kier molecular flexibility index (Phi) is 7.37. The number of methoxy groups -OCH3 is 1. The zero-order chi connectivity index (χ0) is 17.4. The van der Waals surface area contributed by atoms with Crippen molar-refractivity contribution in [1.29, 1.82) is 0 Å². The van der Waals surface area contributed by atoms with Gasteiger partial charge in [-0.3, -0.25) is 0 Å². The minimum absolute atomic E-state index is 0.0666. The van der Waals surface area contributed by atoms with E-state index >= 15 is 0 Å². The lowest BCUT2D eigenvalue weighted by atomic mass is 10.1. The van der Waals surface area contributed by atoms with E-state index in [0.29, 0.717) is 29.7 Å². The number of rotatable bonds is 9. The monoisotopic (exact) mass is 349 g/mol. The van der Waals surface area contributed by atoms with Gasteiger partial charge in [0, 0.05) is 23.2 Å². The predicted octanol–water partition coefficient (Wildman–Crippen LogP) is 3.79. The quantitative estimate of drug-likeness (QED) is 0.723. The molecule has 0 aliphatic rings. The Morgan fingerprint density at radius 2 is 2.00 bits per heavy atom. The second-order valence-electron chi connectivity index (χ2n) is 5.54. The van der Waals surface area contributed by atoms with Gasteiger partial charge in [0.2, 0.25) is 0 Å². The Balaban J connectivity index is 2.13. The molecule has 0 amide bonds. The van der Waals surface area contributed by atoms with Crippen molar-refractivity contribution >= 4 is 11.6 Å². The van der Waals surface area contributed by atoms with E-state index in [1.807, 2.05) is 49.4 Å². The fourth-order valence-corrected chi connectivity index (χ4v) is 2.61. The molecule has 2 aromatic carbocycles. The predicted molar refractivity (Wildman–Crippen MR) is 96.8 cm³/mol. The van der Waals surface area contributed by atoms with Crippen molar-refractivity contribution < 1.29 is 14.6 Å². The van der Waals surface area contributed by atoms with Crippen LogP contribution < -0.4 is 14.8 Å². The summed E-state index contributed by atoms with van der Waals surface area (Å²) in [5.74, 6) is 1.40. The molecule has 4 nitrogen and oxygen atoms in total. The molecule has 0 heterocycles. The van der Waals surface area contributed by atoms with Gasteiger partial charge in [-0.25, -0.2) is 0 Å². The van der Waals surface area contributed by atoms with Crippen LogP contribution in [0.25, 0.3) is 0 Å². The summed E-state index contributed by atoms with van der Waals surface area (Å²) in [6, 6.07) is 13.5. The normalized spacial score (nSPS) is 12.0. The van der Waals surface area contributed by atoms with Gasteiger partial charge in [0.05, 0.1) is 13.7 Å². The van der Waals surface area contributed by atoms with E-state index in [1.165, 1.54) is 0 Å². The highest BCUT2D eigenvalue weighted by Crippen LogP contribution is 2.32. The van der Waals surface area contributed by atoms with Crippen LogP contribution in [0.5, 0.6) is 11.5 Å². The smallest absolute Gasteiger partial charge is 0.166 e. The molecule has 0 radical (unpaired) electrons. The van der Waals surface area contributed by atoms with Crippen LogP contribution in [0.3, 0.4) is 0 Å². The molecule has 0 saturated heterocycles. The first-order chi connectivity index (χ1) is 11.7. The van der Waals surface area contributed by atoms with Crippen molar-refractivity contribution in [2.45, 2.75) is 32.5 Å². The zero-order valence-corrected chi connectivity index (χ0v) is 14.8. The third-order valence-corrected chi connectivity index (χ3v) is 4.08. The highest BCUT2D eigenvalue weighted by molar-refractivity contribution is 6.30. The lowest BCUT2D eigenvalue weighted by Crippen LogP contribution is -2.31. The molecule has 0 bridgehead atoms. The molecule has 0 aliphatic heterocycles. The molecular weight excluding hydrogens is 326 g/mol. The van der Waals surface area contributed by atoms with Crippen LogP contribution in [0, 0.1) is 0 Å². The van der Waals surface area contributed by atoms with Gasteiger partial charge in [0.15, 0.2) is 11.5 Å². The maximum absolute atomic E-state index is 9.32. The van der Waals surface area contributed by atoms with Crippen molar-refractivity contribution in [3.8, 4) is 11.5 Å². The van der Waals surface area contributed by atoms with Crippen molar-refractivity contribution in [2.75, 3.05) is 13.7 Å². The van der Waals surface area contributed by atoms with E-state index in [4.69, 9.17) is 21.1 Å². The second-order valence-corrected chi connectivity index (χ2v) is 5.97. The Morgan fingerprint density at radius 1 is 1.21 bits per heavy atom. The van der Waals surface area contributed by atoms with Gasteiger partial charge < -0.3 is 19.9 Å². The highest BCUT2D eigenvalue weighted by Gasteiger charge is 2.12. The lowest BCUT2D eigenvalue weighted by molar-refractivity contribution is 0.236. The Hall–Kier alpha value is -1.75. The number of nitrogens with one attached hydrogen (secondary N) is 1. The van der Waals surface area contributed by atoms with E-state index in [-0.39, 0.29) is 12.6 Å². The number of hydrogen-bond acceptors (Lipinski definition) is 4. The van der Waals surface area contributed by atoms with Crippen LogP contribution in [0.1, 0.15) is 24.5 Å². The van der Waals surface area contributed by atoms with E-state index in [2.05, 4.69) is 5.32 Å². The first kappa shape index (κ1) is 18.6. The van der Waals surface area contributed by atoms with Gasteiger partial charge in [-0.1, -0.05) is 42.8 Å². The lowest BCUT2D eigenvalue weighted by Gasteiger charge is -2.18. The molecule has 0 saturated carbocycles. The molecule has 2 rings (SSSR count). The van der Waals surface area contributed by atoms with E-state index in [9.17, 15) is 5.11 Å². The number of hydrogen-bond donors (Lipinski definition) is 2. The third-order valence-electron chi connectivity index (χ3n) is 3.85. The molecule has 24 heavy (non-hydrogen) atoms. The standard InChI is InChI=1S/C19H24ClNO3/c1-3-17(12-22)21-11-15-7-5-9-18(23-2)19(15)24-13-14-6-4-8-16(20)10-14/h4-10,17,21-22H,3,11-13H2,1-2H3. The first-order valence-corrected chi connectivity index (χ1v) is 8.43. The van der Waals surface area contributed by atoms with Crippen molar-refractivity contribution in [3.63, 3.8) is 0 Å². The average molecular weight is 350 g/mol. The summed E-state index contributed by atoms with van der Waals surface area (Å²) in [6.07, 6.45) is 0.860.